The van der Waals surface area contributed by atoms with E-state index < -0.39 is 0 Å². The summed E-state index contributed by atoms with van der Waals surface area (Å²) in [5.41, 5.74) is 12.8. The van der Waals surface area contributed by atoms with Crippen LogP contribution in [-0.4, -0.2) is 19.9 Å². The van der Waals surface area contributed by atoms with E-state index >= 15 is 0 Å². The van der Waals surface area contributed by atoms with Gasteiger partial charge in [-0.25, -0.2) is 19.9 Å². The lowest BCUT2D eigenvalue weighted by Gasteiger charge is -2.13. The second-order valence-corrected chi connectivity index (χ2v) is 15.0. The highest BCUT2D eigenvalue weighted by molar-refractivity contribution is 6.18. The van der Waals surface area contributed by atoms with E-state index in [4.69, 9.17) is 19.9 Å². The fourth-order valence-corrected chi connectivity index (χ4v) is 8.21. The first kappa shape index (κ1) is 35.1. The van der Waals surface area contributed by atoms with E-state index in [0.29, 0.717) is 17.5 Å². The Morgan fingerprint density at radius 2 is 0.617 bits per heavy atom. The van der Waals surface area contributed by atoms with Gasteiger partial charge < -0.3 is 0 Å². The molecule has 11 rings (SSSR count). The average Bonchev–Trinajstić information content (AvgIpc) is 3.34. The number of aromatic nitrogens is 4. The van der Waals surface area contributed by atoms with Crippen LogP contribution in [0.1, 0.15) is 0 Å². The molecule has 0 bridgehead atoms. The van der Waals surface area contributed by atoms with Crippen molar-refractivity contribution >= 4 is 32.4 Å². The molecule has 0 aliphatic heterocycles. The standard InChI is InChI=1S/C56H36N4/c1-3-12-37(13-4-1)38-24-30-44(31-25-38)55-58-54(43-15-5-2-6-16-43)59-56(60-55)45-32-26-40(27-33-45)47-18-11-17-46(36-47)39-22-28-42(29-23-39)52-50-21-10-9-20-49(50)51-35-34-41-14-7-8-19-48(41)53(51)57-52/h1-36H. The van der Waals surface area contributed by atoms with Gasteiger partial charge in [0.1, 0.15) is 0 Å². The zero-order valence-corrected chi connectivity index (χ0v) is 32.6. The third kappa shape index (κ3) is 6.56. The molecule has 280 valence electrons. The van der Waals surface area contributed by atoms with Gasteiger partial charge in [0.2, 0.25) is 0 Å². The van der Waals surface area contributed by atoms with Crippen LogP contribution in [0.3, 0.4) is 0 Å². The lowest BCUT2D eigenvalue weighted by atomic mass is 9.95. The molecule has 0 radical (unpaired) electrons. The molecule has 0 spiro atoms. The summed E-state index contributed by atoms with van der Waals surface area (Å²) < 4.78 is 0. The Bertz CT molecular complexity index is 3330. The van der Waals surface area contributed by atoms with E-state index in [-0.39, 0.29) is 0 Å². The van der Waals surface area contributed by atoms with Crippen molar-refractivity contribution in [1.29, 1.82) is 0 Å². The average molecular weight is 765 g/mol. The molecule has 0 N–H and O–H groups in total. The van der Waals surface area contributed by atoms with Crippen molar-refractivity contribution in [1.82, 2.24) is 19.9 Å². The maximum Gasteiger partial charge on any atom is 0.164 e. The van der Waals surface area contributed by atoms with E-state index in [0.717, 1.165) is 66.7 Å². The molecule has 60 heavy (non-hydrogen) atoms. The van der Waals surface area contributed by atoms with Crippen molar-refractivity contribution in [2.45, 2.75) is 0 Å². The van der Waals surface area contributed by atoms with Crippen molar-refractivity contribution in [3.05, 3.63) is 218 Å². The summed E-state index contributed by atoms with van der Waals surface area (Å²) in [6, 6.07) is 76.5. The van der Waals surface area contributed by atoms with Crippen LogP contribution in [-0.2, 0) is 0 Å². The molecule has 0 aliphatic rings. The Morgan fingerprint density at radius 1 is 0.217 bits per heavy atom. The second kappa shape index (κ2) is 15.0. The number of hydrogen-bond donors (Lipinski definition) is 0. The summed E-state index contributed by atoms with van der Waals surface area (Å²) in [6.45, 7) is 0. The zero-order valence-electron chi connectivity index (χ0n) is 32.6. The highest BCUT2D eigenvalue weighted by Crippen LogP contribution is 2.37. The molecule has 4 heteroatoms. The predicted octanol–water partition coefficient (Wildman–Crippen LogP) is 14.4. The molecule has 2 aromatic heterocycles. The van der Waals surface area contributed by atoms with E-state index in [1.807, 2.05) is 36.4 Å². The minimum Gasteiger partial charge on any atom is -0.246 e. The van der Waals surface area contributed by atoms with Crippen molar-refractivity contribution in [3.63, 3.8) is 0 Å². The van der Waals surface area contributed by atoms with Crippen LogP contribution in [0.4, 0.5) is 0 Å². The van der Waals surface area contributed by atoms with Gasteiger partial charge in [0.15, 0.2) is 17.5 Å². The molecular formula is C56H36N4. The molecule has 0 saturated heterocycles. The normalized spacial score (nSPS) is 11.3. The molecule has 11 aromatic rings. The number of hydrogen-bond acceptors (Lipinski definition) is 4. The molecule has 0 amide bonds. The topological polar surface area (TPSA) is 51.6 Å². The summed E-state index contributed by atoms with van der Waals surface area (Å²) >= 11 is 0. The maximum atomic E-state index is 5.33. The van der Waals surface area contributed by atoms with Gasteiger partial charge in [-0.1, -0.05) is 212 Å². The molecule has 0 fully saturated rings. The first-order chi connectivity index (χ1) is 29.7. The van der Waals surface area contributed by atoms with Gasteiger partial charge in [0.25, 0.3) is 0 Å². The highest BCUT2D eigenvalue weighted by Gasteiger charge is 2.15. The molecule has 0 saturated carbocycles. The van der Waals surface area contributed by atoms with E-state index in [1.165, 1.54) is 27.1 Å². The Labute approximate surface area is 348 Å². The van der Waals surface area contributed by atoms with Crippen LogP contribution in [0, 0.1) is 0 Å². The van der Waals surface area contributed by atoms with Crippen LogP contribution in [0.25, 0.3) is 111 Å². The van der Waals surface area contributed by atoms with Gasteiger partial charge in [-0.2, -0.15) is 0 Å². The van der Waals surface area contributed by atoms with Gasteiger partial charge >= 0.3 is 0 Å². The monoisotopic (exact) mass is 764 g/mol. The van der Waals surface area contributed by atoms with Gasteiger partial charge in [0, 0.05) is 38.4 Å². The fourth-order valence-electron chi connectivity index (χ4n) is 8.21. The van der Waals surface area contributed by atoms with Gasteiger partial charge in [0.05, 0.1) is 11.2 Å². The molecular weight excluding hydrogens is 729 g/mol. The molecule has 0 atom stereocenters. The van der Waals surface area contributed by atoms with Crippen LogP contribution in [0.5, 0.6) is 0 Å². The number of fused-ring (bicyclic) bond motifs is 5. The summed E-state index contributed by atoms with van der Waals surface area (Å²) in [5.74, 6) is 1.91. The van der Waals surface area contributed by atoms with Crippen LogP contribution >= 0.6 is 0 Å². The number of pyridine rings is 1. The van der Waals surface area contributed by atoms with E-state index in [2.05, 4.69) is 182 Å². The summed E-state index contributed by atoms with van der Waals surface area (Å²) in [6.07, 6.45) is 0. The van der Waals surface area contributed by atoms with Gasteiger partial charge in [-0.05, 0) is 50.2 Å². The Morgan fingerprint density at radius 3 is 1.20 bits per heavy atom. The van der Waals surface area contributed by atoms with Crippen molar-refractivity contribution < 1.29 is 0 Å². The lowest BCUT2D eigenvalue weighted by Crippen LogP contribution is -2.00. The van der Waals surface area contributed by atoms with Crippen molar-refractivity contribution in [3.8, 4) is 78.8 Å². The maximum absolute atomic E-state index is 5.33. The first-order valence-corrected chi connectivity index (χ1v) is 20.2. The Kier molecular flexibility index (Phi) is 8.79. The van der Waals surface area contributed by atoms with Crippen molar-refractivity contribution in [2.75, 3.05) is 0 Å². The molecule has 9 aromatic carbocycles. The predicted molar refractivity (Wildman–Crippen MR) is 248 cm³/mol. The quantitative estimate of drug-likeness (QED) is 0.152. The van der Waals surface area contributed by atoms with Gasteiger partial charge in [-0.3, -0.25) is 0 Å². The summed E-state index contributed by atoms with van der Waals surface area (Å²) in [5, 5.41) is 5.91. The zero-order chi connectivity index (χ0) is 39.8. The third-order valence-corrected chi connectivity index (χ3v) is 11.3. The Hall–Kier alpha value is -8.08. The Balaban J connectivity index is 0.901. The number of nitrogens with zero attached hydrogens (tertiary/aromatic N) is 4. The minimum absolute atomic E-state index is 0.633. The highest BCUT2D eigenvalue weighted by atomic mass is 15.0. The molecule has 0 unspecified atom stereocenters. The minimum atomic E-state index is 0.633. The van der Waals surface area contributed by atoms with Crippen LogP contribution < -0.4 is 0 Å². The first-order valence-electron chi connectivity index (χ1n) is 20.2. The van der Waals surface area contributed by atoms with Crippen LogP contribution in [0.15, 0.2) is 218 Å². The fraction of sp³-hybridized carbons (Fsp3) is 0. The van der Waals surface area contributed by atoms with E-state index in [9.17, 15) is 0 Å². The smallest absolute Gasteiger partial charge is 0.164 e. The molecule has 0 aliphatic carbocycles. The number of rotatable bonds is 7. The lowest BCUT2D eigenvalue weighted by molar-refractivity contribution is 1.07. The SMILES string of the molecule is c1ccc(-c2ccc(-c3nc(-c4ccccc4)nc(-c4ccc(-c5cccc(-c6ccc(-c7nc8c9ccccc9ccc8c8ccccc78)cc6)c5)cc4)n3)cc2)cc1. The van der Waals surface area contributed by atoms with E-state index in [1.54, 1.807) is 0 Å². The summed E-state index contributed by atoms with van der Waals surface area (Å²) in [4.78, 5) is 20.2. The van der Waals surface area contributed by atoms with Crippen molar-refractivity contribution in [2.24, 2.45) is 0 Å². The summed E-state index contributed by atoms with van der Waals surface area (Å²) in [7, 11) is 0. The van der Waals surface area contributed by atoms with Gasteiger partial charge in [-0.15, -0.1) is 0 Å². The second-order valence-electron chi connectivity index (χ2n) is 15.0. The number of benzene rings is 9. The van der Waals surface area contributed by atoms with Crippen LogP contribution in [0.2, 0.25) is 0 Å². The third-order valence-electron chi connectivity index (χ3n) is 11.3. The molecule has 4 nitrogen and oxygen atoms in total. The largest absolute Gasteiger partial charge is 0.246 e. The molecule has 2 heterocycles.